The number of carbonyl (C=O) groups excluding carboxylic acids is 2. The molecular formula is C23H21FN2O3S. The summed E-state index contributed by atoms with van der Waals surface area (Å²) in [6.07, 6.45) is 1.50. The lowest BCUT2D eigenvalue weighted by molar-refractivity contribution is -0.125. The first-order valence-electron chi connectivity index (χ1n) is 9.75. The van der Waals surface area contributed by atoms with Crippen molar-refractivity contribution in [2.24, 2.45) is 0 Å². The van der Waals surface area contributed by atoms with Gasteiger partial charge in [0.2, 0.25) is 5.91 Å². The van der Waals surface area contributed by atoms with Crippen molar-refractivity contribution in [2.45, 2.75) is 25.4 Å². The zero-order valence-electron chi connectivity index (χ0n) is 16.2. The third-order valence-electron chi connectivity index (χ3n) is 4.99. The monoisotopic (exact) mass is 424 g/mol. The number of hydrogen-bond donors (Lipinski definition) is 1. The molecule has 0 saturated carbocycles. The fourth-order valence-electron chi connectivity index (χ4n) is 3.45. The molecule has 0 bridgehead atoms. The van der Waals surface area contributed by atoms with Crippen molar-refractivity contribution in [1.82, 2.24) is 10.2 Å². The first-order valence-corrected chi connectivity index (χ1v) is 10.6. The SMILES string of the molecule is O=C(NCc1ccc(Oc2ccc(F)cc2)cc1)C1CCCN1C(=O)c1cccs1. The molecule has 0 spiro atoms. The van der Waals surface area contributed by atoms with Gasteiger partial charge in [0.05, 0.1) is 4.88 Å². The molecule has 2 aromatic carbocycles. The lowest BCUT2D eigenvalue weighted by Crippen LogP contribution is -2.45. The molecule has 1 atom stereocenters. The Kier molecular flexibility index (Phi) is 6.09. The minimum absolute atomic E-state index is 0.0788. The van der Waals surface area contributed by atoms with Crippen LogP contribution in [0.1, 0.15) is 28.1 Å². The van der Waals surface area contributed by atoms with Gasteiger partial charge >= 0.3 is 0 Å². The summed E-state index contributed by atoms with van der Waals surface area (Å²) >= 11 is 1.39. The first-order chi connectivity index (χ1) is 14.6. The van der Waals surface area contributed by atoms with E-state index in [0.717, 1.165) is 12.0 Å². The third-order valence-corrected chi connectivity index (χ3v) is 5.85. The molecule has 2 amide bonds. The Labute approximate surface area is 178 Å². The second kappa shape index (κ2) is 9.09. The Balaban J connectivity index is 1.32. The molecule has 1 aromatic heterocycles. The number of nitrogens with zero attached hydrogens (tertiary/aromatic N) is 1. The lowest BCUT2D eigenvalue weighted by Gasteiger charge is -2.23. The van der Waals surface area contributed by atoms with Crippen molar-refractivity contribution in [3.8, 4) is 11.5 Å². The van der Waals surface area contributed by atoms with E-state index < -0.39 is 6.04 Å². The Morgan fingerprint density at radius 2 is 1.77 bits per heavy atom. The van der Waals surface area contributed by atoms with Crippen LogP contribution in [0.3, 0.4) is 0 Å². The Morgan fingerprint density at radius 1 is 1.07 bits per heavy atom. The third kappa shape index (κ3) is 4.68. The largest absolute Gasteiger partial charge is 0.457 e. The lowest BCUT2D eigenvalue weighted by atomic mass is 10.1. The van der Waals surface area contributed by atoms with Crippen LogP contribution in [0.5, 0.6) is 11.5 Å². The zero-order valence-corrected chi connectivity index (χ0v) is 17.0. The number of hydrogen-bond acceptors (Lipinski definition) is 4. The Hall–Kier alpha value is -3.19. The Bertz CT molecular complexity index is 1000. The van der Waals surface area contributed by atoms with Crippen LogP contribution in [0.25, 0.3) is 0 Å². The summed E-state index contributed by atoms with van der Waals surface area (Å²) in [7, 11) is 0. The predicted molar refractivity (Wildman–Crippen MR) is 113 cm³/mol. The first kappa shape index (κ1) is 20.1. The normalized spacial score (nSPS) is 15.8. The van der Waals surface area contributed by atoms with Crippen molar-refractivity contribution in [2.75, 3.05) is 6.54 Å². The zero-order chi connectivity index (χ0) is 20.9. The molecule has 2 heterocycles. The number of carbonyl (C=O) groups is 2. The van der Waals surface area contributed by atoms with Crippen LogP contribution in [0.2, 0.25) is 0 Å². The molecule has 3 aromatic rings. The number of benzene rings is 2. The van der Waals surface area contributed by atoms with Gasteiger partial charge in [-0.2, -0.15) is 0 Å². The molecule has 1 aliphatic rings. The molecule has 1 unspecified atom stereocenters. The van der Waals surface area contributed by atoms with Crippen molar-refractivity contribution >= 4 is 23.2 Å². The van der Waals surface area contributed by atoms with E-state index in [4.69, 9.17) is 4.74 Å². The van der Waals surface area contributed by atoms with Gasteiger partial charge < -0.3 is 15.0 Å². The van der Waals surface area contributed by atoms with Crippen LogP contribution < -0.4 is 10.1 Å². The summed E-state index contributed by atoms with van der Waals surface area (Å²) < 4.78 is 18.6. The van der Waals surface area contributed by atoms with Gasteiger partial charge in [0.25, 0.3) is 5.91 Å². The molecule has 1 fully saturated rings. The quantitative estimate of drug-likeness (QED) is 0.629. The van der Waals surface area contributed by atoms with E-state index in [2.05, 4.69) is 5.32 Å². The second-order valence-electron chi connectivity index (χ2n) is 7.05. The highest BCUT2D eigenvalue weighted by atomic mass is 32.1. The maximum absolute atomic E-state index is 13.0. The van der Waals surface area contributed by atoms with Gasteiger partial charge in [0.1, 0.15) is 23.4 Å². The maximum Gasteiger partial charge on any atom is 0.264 e. The number of likely N-dealkylation sites (tertiary alicyclic amines) is 1. The summed E-state index contributed by atoms with van der Waals surface area (Å²) in [4.78, 5) is 27.6. The van der Waals surface area contributed by atoms with Gasteiger partial charge in [-0.1, -0.05) is 18.2 Å². The van der Waals surface area contributed by atoms with E-state index in [1.54, 1.807) is 35.2 Å². The van der Waals surface area contributed by atoms with Crippen molar-refractivity contribution < 1.29 is 18.7 Å². The van der Waals surface area contributed by atoms with Gasteiger partial charge in [-0.15, -0.1) is 11.3 Å². The number of ether oxygens (including phenoxy) is 1. The highest BCUT2D eigenvalue weighted by Crippen LogP contribution is 2.23. The topological polar surface area (TPSA) is 58.6 Å². The minimum atomic E-state index is -0.430. The predicted octanol–water partition coefficient (Wildman–Crippen LogP) is 4.60. The molecular weight excluding hydrogens is 403 g/mol. The molecule has 1 aliphatic heterocycles. The van der Waals surface area contributed by atoms with Gasteiger partial charge in [-0.05, 0) is 66.2 Å². The molecule has 154 valence electrons. The van der Waals surface area contributed by atoms with E-state index in [0.29, 0.717) is 35.9 Å². The minimum Gasteiger partial charge on any atom is -0.457 e. The van der Waals surface area contributed by atoms with E-state index in [1.165, 1.54) is 23.5 Å². The highest BCUT2D eigenvalue weighted by Gasteiger charge is 2.34. The van der Waals surface area contributed by atoms with E-state index in [9.17, 15) is 14.0 Å². The van der Waals surface area contributed by atoms with E-state index in [1.807, 2.05) is 23.6 Å². The second-order valence-corrected chi connectivity index (χ2v) is 8.00. The van der Waals surface area contributed by atoms with Crippen LogP contribution in [0.4, 0.5) is 4.39 Å². The molecule has 0 radical (unpaired) electrons. The van der Waals surface area contributed by atoms with Crippen LogP contribution >= 0.6 is 11.3 Å². The molecule has 0 aliphatic carbocycles. The number of halogens is 1. The molecule has 7 heteroatoms. The van der Waals surface area contributed by atoms with Crippen LogP contribution in [-0.2, 0) is 11.3 Å². The molecule has 5 nitrogen and oxygen atoms in total. The van der Waals surface area contributed by atoms with Crippen LogP contribution in [-0.4, -0.2) is 29.3 Å². The number of nitrogens with one attached hydrogen (secondary N) is 1. The average Bonchev–Trinajstić information content (AvgIpc) is 3.46. The van der Waals surface area contributed by atoms with E-state index >= 15 is 0 Å². The molecule has 4 rings (SSSR count). The van der Waals surface area contributed by atoms with Crippen molar-refractivity contribution in [3.05, 3.63) is 82.3 Å². The fourth-order valence-corrected chi connectivity index (χ4v) is 4.12. The molecule has 1 N–H and O–H groups in total. The number of rotatable bonds is 6. The standard InChI is InChI=1S/C23H21FN2O3S/c24-17-7-11-19(12-8-17)29-18-9-5-16(6-10-18)15-25-22(27)20-3-1-13-26(20)23(28)21-4-2-14-30-21/h2,4-12,14,20H,1,3,13,15H2,(H,25,27). The average molecular weight is 424 g/mol. The van der Waals surface area contributed by atoms with Gasteiger partial charge in [-0.25, -0.2) is 4.39 Å². The number of amides is 2. The van der Waals surface area contributed by atoms with Crippen LogP contribution in [0.15, 0.2) is 66.0 Å². The molecule has 1 saturated heterocycles. The number of thiophene rings is 1. The summed E-state index contributed by atoms with van der Waals surface area (Å²) in [6.45, 7) is 0.970. The highest BCUT2D eigenvalue weighted by molar-refractivity contribution is 7.12. The smallest absolute Gasteiger partial charge is 0.264 e. The van der Waals surface area contributed by atoms with Gasteiger partial charge in [0.15, 0.2) is 0 Å². The van der Waals surface area contributed by atoms with E-state index in [-0.39, 0.29) is 17.6 Å². The summed E-state index contributed by atoms with van der Waals surface area (Å²) in [5, 5.41) is 4.80. The summed E-state index contributed by atoms with van der Waals surface area (Å²) in [5.41, 5.74) is 0.920. The van der Waals surface area contributed by atoms with Crippen molar-refractivity contribution in [1.29, 1.82) is 0 Å². The summed E-state index contributed by atoms with van der Waals surface area (Å²) in [6, 6.07) is 16.3. The maximum atomic E-state index is 13.0. The van der Waals surface area contributed by atoms with Crippen molar-refractivity contribution in [3.63, 3.8) is 0 Å². The van der Waals surface area contributed by atoms with Crippen LogP contribution in [0, 0.1) is 5.82 Å². The van der Waals surface area contributed by atoms with Gasteiger partial charge in [-0.3, -0.25) is 9.59 Å². The Morgan fingerprint density at radius 3 is 2.43 bits per heavy atom. The van der Waals surface area contributed by atoms with Gasteiger partial charge in [0, 0.05) is 13.1 Å². The summed E-state index contributed by atoms with van der Waals surface area (Å²) in [5.74, 6) is 0.648. The fraction of sp³-hybridized carbons (Fsp3) is 0.217. The molecule has 30 heavy (non-hydrogen) atoms.